The average molecular weight is 302 g/mol. The molecule has 0 spiro atoms. The second-order valence-electron chi connectivity index (χ2n) is 5.29. The highest BCUT2D eigenvalue weighted by molar-refractivity contribution is 5.80. The molecule has 1 heterocycles. The molecule has 0 bridgehead atoms. The highest BCUT2D eigenvalue weighted by Crippen LogP contribution is 2.18. The quantitative estimate of drug-likeness (QED) is 0.812. The number of nitrogens with one attached hydrogen (secondary N) is 1. The third-order valence-electron chi connectivity index (χ3n) is 3.74. The largest absolute Gasteiger partial charge is 0.484 e. The molecular weight excluding hydrogens is 280 g/mol. The highest BCUT2D eigenvalue weighted by atomic mass is 16.5. The Kier molecular flexibility index (Phi) is 6.01. The Morgan fingerprint density at radius 2 is 1.95 bits per heavy atom. The first-order valence-corrected chi connectivity index (χ1v) is 7.55. The van der Waals surface area contributed by atoms with E-state index < -0.39 is 0 Å². The molecule has 5 nitrogen and oxygen atoms in total. The lowest BCUT2D eigenvalue weighted by Gasteiger charge is -2.31. The molecule has 1 fully saturated rings. The zero-order valence-corrected chi connectivity index (χ0v) is 12.7. The molecule has 0 saturated carbocycles. The van der Waals surface area contributed by atoms with Gasteiger partial charge in [0.05, 0.1) is 0 Å². The van der Waals surface area contributed by atoms with Gasteiger partial charge in [-0.2, -0.15) is 0 Å². The minimum atomic E-state index is -0.0335. The van der Waals surface area contributed by atoms with Gasteiger partial charge in [-0.15, -0.1) is 6.58 Å². The van der Waals surface area contributed by atoms with Gasteiger partial charge >= 0.3 is 0 Å². The lowest BCUT2D eigenvalue weighted by molar-refractivity contribution is -0.137. The van der Waals surface area contributed by atoms with Crippen LogP contribution in [0.2, 0.25) is 0 Å². The van der Waals surface area contributed by atoms with E-state index in [-0.39, 0.29) is 24.3 Å². The van der Waals surface area contributed by atoms with E-state index in [1.165, 1.54) is 0 Å². The fourth-order valence-electron chi connectivity index (χ4n) is 2.46. The van der Waals surface area contributed by atoms with E-state index in [2.05, 4.69) is 11.9 Å². The van der Waals surface area contributed by atoms with Gasteiger partial charge in [-0.1, -0.05) is 24.3 Å². The van der Waals surface area contributed by atoms with Gasteiger partial charge in [-0.25, -0.2) is 0 Å². The maximum atomic E-state index is 12.1. The van der Waals surface area contributed by atoms with Crippen LogP contribution in [0.5, 0.6) is 5.75 Å². The third-order valence-corrected chi connectivity index (χ3v) is 3.74. The maximum absolute atomic E-state index is 12.1. The number of nitrogens with zero attached hydrogens (tertiary/aromatic N) is 1. The number of carbonyl (C=O) groups excluding carboxylic acids is 2. The molecule has 5 heteroatoms. The van der Waals surface area contributed by atoms with Crippen molar-refractivity contribution in [2.75, 3.05) is 26.2 Å². The number of amides is 2. The van der Waals surface area contributed by atoms with Crippen molar-refractivity contribution in [2.24, 2.45) is 5.92 Å². The van der Waals surface area contributed by atoms with Crippen LogP contribution in [0.25, 0.3) is 0 Å². The first-order valence-electron chi connectivity index (χ1n) is 7.55. The summed E-state index contributed by atoms with van der Waals surface area (Å²) < 4.78 is 5.47. The van der Waals surface area contributed by atoms with Crippen LogP contribution in [0.3, 0.4) is 0 Å². The molecule has 1 saturated heterocycles. The van der Waals surface area contributed by atoms with Crippen LogP contribution in [-0.4, -0.2) is 43.0 Å². The lowest BCUT2D eigenvalue weighted by atomic mass is 9.96. The Balaban J connectivity index is 1.73. The molecule has 0 atom stereocenters. The molecule has 1 aliphatic rings. The maximum Gasteiger partial charge on any atom is 0.260 e. The number of piperidine rings is 1. The molecule has 1 aromatic carbocycles. The van der Waals surface area contributed by atoms with E-state index in [0.29, 0.717) is 38.2 Å². The van der Waals surface area contributed by atoms with Crippen molar-refractivity contribution in [3.63, 3.8) is 0 Å². The van der Waals surface area contributed by atoms with Crippen molar-refractivity contribution in [3.8, 4) is 5.75 Å². The third kappa shape index (κ3) is 4.62. The molecule has 0 radical (unpaired) electrons. The second kappa shape index (κ2) is 8.22. The van der Waals surface area contributed by atoms with Gasteiger partial charge in [-0.05, 0) is 25.0 Å². The molecule has 2 amide bonds. The van der Waals surface area contributed by atoms with E-state index >= 15 is 0 Å². The van der Waals surface area contributed by atoms with Crippen LogP contribution in [0, 0.1) is 5.92 Å². The van der Waals surface area contributed by atoms with Gasteiger partial charge in [0.25, 0.3) is 5.91 Å². The summed E-state index contributed by atoms with van der Waals surface area (Å²) in [5.41, 5.74) is 0. The van der Waals surface area contributed by atoms with E-state index in [0.717, 1.165) is 0 Å². The van der Waals surface area contributed by atoms with Gasteiger partial charge in [0.1, 0.15) is 5.75 Å². The minimum absolute atomic E-state index is 0.0148. The van der Waals surface area contributed by atoms with Crippen LogP contribution in [-0.2, 0) is 9.59 Å². The number of carbonyl (C=O) groups is 2. The highest BCUT2D eigenvalue weighted by Gasteiger charge is 2.27. The van der Waals surface area contributed by atoms with Gasteiger partial charge in [-0.3, -0.25) is 9.59 Å². The van der Waals surface area contributed by atoms with E-state index in [1.807, 2.05) is 30.3 Å². The molecule has 1 N–H and O–H groups in total. The molecular formula is C17H22N2O3. The molecule has 0 aromatic heterocycles. The summed E-state index contributed by atoms with van der Waals surface area (Å²) in [5, 5.41) is 2.81. The van der Waals surface area contributed by atoms with Gasteiger partial charge in [0.15, 0.2) is 6.61 Å². The second-order valence-corrected chi connectivity index (χ2v) is 5.29. The van der Waals surface area contributed by atoms with Crippen LogP contribution < -0.4 is 10.1 Å². The summed E-state index contributed by atoms with van der Waals surface area (Å²) in [5.74, 6) is 0.690. The van der Waals surface area contributed by atoms with E-state index in [4.69, 9.17) is 4.74 Å². The van der Waals surface area contributed by atoms with E-state index in [9.17, 15) is 9.59 Å². The number of para-hydroxylation sites is 1. The van der Waals surface area contributed by atoms with Crippen LogP contribution in [0.4, 0.5) is 0 Å². The zero-order chi connectivity index (χ0) is 15.8. The minimum Gasteiger partial charge on any atom is -0.484 e. The Bertz CT molecular complexity index is 508. The molecule has 0 unspecified atom stereocenters. The normalized spacial score (nSPS) is 15.2. The van der Waals surface area contributed by atoms with Crippen molar-refractivity contribution in [1.29, 1.82) is 0 Å². The van der Waals surface area contributed by atoms with Gasteiger partial charge in [0, 0.05) is 25.6 Å². The van der Waals surface area contributed by atoms with Crippen molar-refractivity contribution in [1.82, 2.24) is 10.2 Å². The Morgan fingerprint density at radius 1 is 1.27 bits per heavy atom. The molecule has 22 heavy (non-hydrogen) atoms. The first kappa shape index (κ1) is 16.1. The van der Waals surface area contributed by atoms with E-state index in [1.54, 1.807) is 11.0 Å². The summed E-state index contributed by atoms with van der Waals surface area (Å²) in [4.78, 5) is 25.7. The SMILES string of the molecule is C=CCNC(=O)C1CCN(C(=O)COc2ccccc2)CC1. The molecule has 118 valence electrons. The number of hydrogen-bond donors (Lipinski definition) is 1. The smallest absolute Gasteiger partial charge is 0.260 e. The van der Waals surface area contributed by atoms with Crippen molar-refractivity contribution in [2.45, 2.75) is 12.8 Å². The molecule has 0 aliphatic carbocycles. The Labute approximate surface area is 130 Å². The Hall–Kier alpha value is -2.30. The zero-order valence-electron chi connectivity index (χ0n) is 12.7. The summed E-state index contributed by atoms with van der Waals surface area (Å²) in [7, 11) is 0. The fraction of sp³-hybridized carbons (Fsp3) is 0.412. The van der Waals surface area contributed by atoms with Crippen LogP contribution >= 0.6 is 0 Å². The van der Waals surface area contributed by atoms with Gasteiger partial charge < -0.3 is 15.0 Å². The summed E-state index contributed by atoms with van der Waals surface area (Å²) >= 11 is 0. The van der Waals surface area contributed by atoms with Crippen LogP contribution in [0.15, 0.2) is 43.0 Å². The molecule has 1 aromatic rings. The average Bonchev–Trinajstić information content (AvgIpc) is 2.58. The number of hydrogen-bond acceptors (Lipinski definition) is 3. The summed E-state index contributed by atoms with van der Waals surface area (Å²) in [6.45, 7) is 5.31. The summed E-state index contributed by atoms with van der Waals surface area (Å²) in [6, 6.07) is 9.28. The van der Waals surface area contributed by atoms with Gasteiger partial charge in [0.2, 0.25) is 5.91 Å². The topological polar surface area (TPSA) is 58.6 Å². The number of likely N-dealkylation sites (tertiary alicyclic amines) is 1. The summed E-state index contributed by atoms with van der Waals surface area (Å²) in [6.07, 6.45) is 3.05. The van der Waals surface area contributed by atoms with Crippen molar-refractivity contribution in [3.05, 3.63) is 43.0 Å². The standard InChI is InChI=1S/C17H22N2O3/c1-2-10-18-17(21)14-8-11-19(12-9-14)16(20)13-22-15-6-4-3-5-7-15/h2-7,14H,1,8-13H2,(H,18,21). The number of rotatable bonds is 6. The first-order chi connectivity index (χ1) is 10.7. The Morgan fingerprint density at radius 3 is 2.59 bits per heavy atom. The molecule has 2 rings (SSSR count). The monoisotopic (exact) mass is 302 g/mol. The predicted molar refractivity (Wildman–Crippen MR) is 84.4 cm³/mol. The van der Waals surface area contributed by atoms with Crippen molar-refractivity contribution >= 4 is 11.8 Å². The molecule has 1 aliphatic heterocycles. The lowest BCUT2D eigenvalue weighted by Crippen LogP contribution is -2.44. The van der Waals surface area contributed by atoms with Crippen LogP contribution in [0.1, 0.15) is 12.8 Å². The number of ether oxygens (including phenoxy) is 1. The van der Waals surface area contributed by atoms with Crippen molar-refractivity contribution < 1.29 is 14.3 Å². The number of benzene rings is 1. The predicted octanol–water partition coefficient (Wildman–Crippen LogP) is 1.61. The fourth-order valence-corrected chi connectivity index (χ4v) is 2.46.